The number of hydrogen-bond acceptors (Lipinski definition) is 4. The summed E-state index contributed by atoms with van der Waals surface area (Å²) in [5.74, 6) is -2.09. The van der Waals surface area contributed by atoms with Gasteiger partial charge in [-0.15, -0.1) is 0 Å². The standard InChI is InChI=1S/C20H30N4O4/c1-14(2)13-17(18(25)22-24-12-11-21-20(24)27)16(19(26)23-28)10-6-9-15-7-4-3-5-8-15/h3-5,7-8,14,16-17,28H,6,9-13H2,1-2H3,(H,21,27)(H,22,25)(H,23,26)/t16-,17+/m0/s1. The van der Waals surface area contributed by atoms with Gasteiger partial charge in [-0.2, -0.15) is 0 Å². The lowest BCUT2D eigenvalue weighted by Gasteiger charge is -2.28. The number of urea groups is 1. The summed E-state index contributed by atoms with van der Waals surface area (Å²) in [7, 11) is 0. The first-order valence-electron chi connectivity index (χ1n) is 9.76. The number of hydrazine groups is 1. The van der Waals surface area contributed by atoms with Crippen molar-refractivity contribution in [2.75, 3.05) is 13.1 Å². The van der Waals surface area contributed by atoms with Gasteiger partial charge in [0, 0.05) is 6.54 Å². The van der Waals surface area contributed by atoms with E-state index in [1.54, 1.807) is 5.48 Å². The molecule has 0 aromatic heterocycles. The molecule has 0 aliphatic carbocycles. The largest absolute Gasteiger partial charge is 0.336 e. The first-order valence-corrected chi connectivity index (χ1v) is 9.76. The van der Waals surface area contributed by atoms with Crippen molar-refractivity contribution in [1.82, 2.24) is 21.2 Å². The van der Waals surface area contributed by atoms with Crippen molar-refractivity contribution >= 4 is 17.8 Å². The fourth-order valence-corrected chi connectivity index (χ4v) is 3.52. The predicted molar refractivity (Wildman–Crippen MR) is 104 cm³/mol. The van der Waals surface area contributed by atoms with Crippen LogP contribution in [0, 0.1) is 17.8 Å². The second-order valence-electron chi connectivity index (χ2n) is 7.56. The van der Waals surface area contributed by atoms with Crippen LogP contribution in [0.4, 0.5) is 4.79 Å². The fraction of sp³-hybridized carbons (Fsp3) is 0.550. The van der Waals surface area contributed by atoms with Gasteiger partial charge in [-0.1, -0.05) is 44.2 Å². The van der Waals surface area contributed by atoms with Crippen LogP contribution in [-0.4, -0.2) is 41.2 Å². The number of hydrogen-bond donors (Lipinski definition) is 4. The number of rotatable bonds is 10. The van der Waals surface area contributed by atoms with E-state index in [-0.39, 0.29) is 17.9 Å². The Morgan fingerprint density at radius 3 is 2.46 bits per heavy atom. The highest BCUT2D eigenvalue weighted by Gasteiger charge is 2.35. The van der Waals surface area contributed by atoms with Gasteiger partial charge in [0.1, 0.15) is 0 Å². The molecule has 28 heavy (non-hydrogen) atoms. The lowest BCUT2D eigenvalue weighted by Crippen LogP contribution is -2.50. The molecule has 1 heterocycles. The fourth-order valence-electron chi connectivity index (χ4n) is 3.52. The smallest absolute Gasteiger partial charge is 0.335 e. The van der Waals surface area contributed by atoms with Crippen LogP contribution in [0.15, 0.2) is 30.3 Å². The molecule has 1 saturated heterocycles. The van der Waals surface area contributed by atoms with Gasteiger partial charge in [-0.3, -0.25) is 20.2 Å². The van der Waals surface area contributed by atoms with Crippen LogP contribution in [0.1, 0.15) is 38.7 Å². The summed E-state index contributed by atoms with van der Waals surface area (Å²) < 4.78 is 0. The second-order valence-corrected chi connectivity index (χ2v) is 7.56. The predicted octanol–water partition coefficient (Wildman–Crippen LogP) is 1.85. The molecule has 2 rings (SSSR count). The maximum atomic E-state index is 12.9. The van der Waals surface area contributed by atoms with E-state index in [0.717, 1.165) is 12.0 Å². The minimum atomic E-state index is -0.679. The van der Waals surface area contributed by atoms with E-state index in [0.29, 0.717) is 32.4 Å². The third kappa shape index (κ3) is 6.23. The summed E-state index contributed by atoms with van der Waals surface area (Å²) in [5, 5.41) is 13.1. The maximum Gasteiger partial charge on any atom is 0.336 e. The van der Waals surface area contributed by atoms with Crippen LogP contribution in [0.3, 0.4) is 0 Å². The molecule has 2 atom stereocenters. The summed E-state index contributed by atoms with van der Waals surface area (Å²) in [6.07, 6.45) is 2.41. The van der Waals surface area contributed by atoms with Crippen molar-refractivity contribution in [3.8, 4) is 0 Å². The van der Waals surface area contributed by atoms with Gasteiger partial charge in [0.2, 0.25) is 11.8 Å². The summed E-state index contributed by atoms with van der Waals surface area (Å²) in [6.45, 7) is 4.79. The van der Waals surface area contributed by atoms with Crippen molar-refractivity contribution in [2.24, 2.45) is 17.8 Å². The molecule has 0 spiro atoms. The molecule has 0 radical (unpaired) electrons. The minimum absolute atomic E-state index is 0.172. The number of nitrogens with zero attached hydrogens (tertiary/aromatic N) is 1. The lowest BCUT2D eigenvalue weighted by molar-refractivity contribution is -0.142. The molecule has 0 unspecified atom stereocenters. The molecule has 1 aliphatic rings. The average Bonchev–Trinajstić information content (AvgIpc) is 3.08. The molecule has 0 bridgehead atoms. The van der Waals surface area contributed by atoms with E-state index in [4.69, 9.17) is 0 Å². The van der Waals surface area contributed by atoms with E-state index in [9.17, 15) is 19.6 Å². The lowest BCUT2D eigenvalue weighted by atomic mass is 9.81. The highest BCUT2D eigenvalue weighted by Crippen LogP contribution is 2.26. The van der Waals surface area contributed by atoms with Gasteiger partial charge >= 0.3 is 6.03 Å². The zero-order valence-corrected chi connectivity index (χ0v) is 16.5. The Balaban J connectivity index is 2.07. The highest BCUT2D eigenvalue weighted by molar-refractivity contribution is 5.88. The first-order chi connectivity index (χ1) is 13.4. The van der Waals surface area contributed by atoms with Crippen LogP contribution < -0.4 is 16.2 Å². The van der Waals surface area contributed by atoms with Gasteiger partial charge in [-0.25, -0.2) is 15.3 Å². The summed E-state index contributed by atoms with van der Waals surface area (Å²) in [6, 6.07) is 9.55. The number of nitrogens with one attached hydrogen (secondary N) is 3. The van der Waals surface area contributed by atoms with Crippen LogP contribution in [0.5, 0.6) is 0 Å². The van der Waals surface area contributed by atoms with Crippen molar-refractivity contribution < 1.29 is 19.6 Å². The van der Waals surface area contributed by atoms with E-state index in [1.807, 2.05) is 44.2 Å². The number of hydroxylamine groups is 1. The molecule has 1 fully saturated rings. The van der Waals surface area contributed by atoms with Gasteiger partial charge in [0.15, 0.2) is 0 Å². The van der Waals surface area contributed by atoms with Gasteiger partial charge in [0.05, 0.1) is 18.4 Å². The van der Waals surface area contributed by atoms with Crippen LogP contribution in [0.25, 0.3) is 0 Å². The zero-order valence-electron chi connectivity index (χ0n) is 16.5. The van der Waals surface area contributed by atoms with Gasteiger partial charge in [0.25, 0.3) is 0 Å². The Kier molecular flexibility index (Phi) is 8.25. The van der Waals surface area contributed by atoms with Crippen molar-refractivity contribution in [2.45, 2.75) is 39.5 Å². The normalized spacial score (nSPS) is 15.9. The van der Waals surface area contributed by atoms with E-state index in [2.05, 4.69) is 10.7 Å². The SMILES string of the molecule is CC(C)C[C@@H](C(=O)NN1CCNC1=O)[C@H](CCCc1ccccc1)C(=O)NO. The summed E-state index contributed by atoms with van der Waals surface area (Å²) in [4.78, 5) is 37.0. The van der Waals surface area contributed by atoms with E-state index in [1.165, 1.54) is 5.01 Å². The Bertz CT molecular complexity index is 665. The number of amides is 4. The topological polar surface area (TPSA) is 111 Å². The summed E-state index contributed by atoms with van der Waals surface area (Å²) >= 11 is 0. The molecule has 1 aliphatic heterocycles. The first kappa shape index (κ1) is 21.7. The number of carbonyl (C=O) groups excluding carboxylic acids is 3. The van der Waals surface area contributed by atoms with Crippen LogP contribution in [-0.2, 0) is 16.0 Å². The molecular weight excluding hydrogens is 360 g/mol. The number of aryl methyl sites for hydroxylation is 1. The summed E-state index contributed by atoms with van der Waals surface area (Å²) in [5.41, 5.74) is 5.49. The maximum absolute atomic E-state index is 12.9. The van der Waals surface area contributed by atoms with Gasteiger partial charge in [-0.05, 0) is 37.2 Å². The molecule has 4 amide bonds. The Morgan fingerprint density at radius 1 is 1.18 bits per heavy atom. The zero-order chi connectivity index (χ0) is 20.5. The average molecular weight is 390 g/mol. The Morgan fingerprint density at radius 2 is 1.89 bits per heavy atom. The molecule has 4 N–H and O–H groups in total. The van der Waals surface area contributed by atoms with Crippen molar-refractivity contribution in [1.29, 1.82) is 0 Å². The highest BCUT2D eigenvalue weighted by atomic mass is 16.5. The Hall–Kier alpha value is -2.61. The molecule has 1 aromatic rings. The minimum Gasteiger partial charge on any atom is -0.335 e. The quantitative estimate of drug-likeness (QED) is 0.361. The third-order valence-corrected chi connectivity index (χ3v) is 4.92. The van der Waals surface area contributed by atoms with Crippen molar-refractivity contribution in [3.05, 3.63) is 35.9 Å². The monoisotopic (exact) mass is 390 g/mol. The van der Waals surface area contributed by atoms with E-state index >= 15 is 0 Å². The molecule has 8 heteroatoms. The molecule has 0 saturated carbocycles. The molecule has 1 aromatic carbocycles. The number of carbonyl (C=O) groups is 3. The van der Waals surface area contributed by atoms with E-state index < -0.39 is 17.7 Å². The van der Waals surface area contributed by atoms with Crippen LogP contribution in [0.2, 0.25) is 0 Å². The molecule has 8 nitrogen and oxygen atoms in total. The number of benzene rings is 1. The van der Waals surface area contributed by atoms with Crippen LogP contribution >= 0.6 is 0 Å². The third-order valence-electron chi connectivity index (χ3n) is 4.92. The van der Waals surface area contributed by atoms with Crippen molar-refractivity contribution in [3.63, 3.8) is 0 Å². The second kappa shape index (κ2) is 10.7. The Labute approximate surface area is 165 Å². The molecular formula is C20H30N4O4. The van der Waals surface area contributed by atoms with Gasteiger partial charge < -0.3 is 5.32 Å². The molecule has 154 valence electrons.